The van der Waals surface area contributed by atoms with Crippen molar-refractivity contribution in [3.05, 3.63) is 12.3 Å². The fraction of sp³-hybridized carbons (Fsp3) is 0.500. The van der Waals surface area contributed by atoms with E-state index in [1.165, 1.54) is 6.26 Å². The summed E-state index contributed by atoms with van der Waals surface area (Å²) in [4.78, 5) is 10.5. The van der Waals surface area contributed by atoms with Crippen LogP contribution in [-0.4, -0.2) is 5.97 Å². The highest BCUT2D eigenvalue weighted by Crippen LogP contribution is 2.09. The summed E-state index contributed by atoms with van der Waals surface area (Å²) in [6.45, 7) is 1.85. The van der Waals surface area contributed by atoms with Crippen LogP contribution in [0.4, 0.5) is 0 Å². The maximum atomic E-state index is 10.5. The number of hydrogen-bond donors (Lipinski definition) is 0. The molecule has 0 aromatic rings. The summed E-state index contributed by atoms with van der Waals surface area (Å²) in [5.74, 6) is -0.0625. The minimum absolute atomic E-state index is 0.0556. The second-order valence-electron chi connectivity index (χ2n) is 1.95. The average Bonchev–Trinajstić information content (AvgIpc) is 1.77. The first kappa shape index (κ1) is 5.35. The smallest absolute Gasteiger partial charge is 0.313 e. The fourth-order valence-electron chi connectivity index (χ4n) is 0.587. The third-order valence-corrected chi connectivity index (χ3v) is 1.17. The van der Waals surface area contributed by atoms with E-state index in [1.54, 1.807) is 0 Å². The molecule has 0 aliphatic carbocycles. The first-order valence-corrected chi connectivity index (χ1v) is 2.66. The number of ether oxygens (including phenoxy) is 1. The van der Waals surface area contributed by atoms with Crippen LogP contribution in [-0.2, 0) is 9.53 Å². The highest BCUT2D eigenvalue weighted by molar-refractivity contribution is 5.73. The monoisotopic (exact) mass is 112 g/mol. The maximum absolute atomic E-state index is 10.5. The lowest BCUT2D eigenvalue weighted by Gasteiger charge is -2.09. The van der Waals surface area contributed by atoms with Crippen molar-refractivity contribution < 1.29 is 9.53 Å². The van der Waals surface area contributed by atoms with E-state index in [-0.39, 0.29) is 11.9 Å². The van der Waals surface area contributed by atoms with Crippen molar-refractivity contribution in [1.29, 1.82) is 0 Å². The van der Waals surface area contributed by atoms with Gasteiger partial charge in [0.1, 0.15) is 0 Å². The molecule has 0 bridgehead atoms. The lowest BCUT2D eigenvalue weighted by molar-refractivity contribution is -0.143. The Labute approximate surface area is 48.1 Å². The molecule has 1 heterocycles. The number of rotatable bonds is 0. The Balaban J connectivity index is 2.57. The first-order chi connectivity index (χ1) is 3.80. The van der Waals surface area contributed by atoms with Crippen molar-refractivity contribution >= 4 is 5.97 Å². The molecule has 0 saturated heterocycles. The molecule has 8 heavy (non-hydrogen) atoms. The molecule has 1 rings (SSSR count). The topological polar surface area (TPSA) is 26.3 Å². The van der Waals surface area contributed by atoms with E-state index in [0.717, 1.165) is 6.42 Å². The van der Waals surface area contributed by atoms with Crippen molar-refractivity contribution in [3.8, 4) is 0 Å². The maximum Gasteiger partial charge on any atom is 0.313 e. The zero-order valence-corrected chi connectivity index (χ0v) is 4.76. The van der Waals surface area contributed by atoms with Crippen LogP contribution in [0.5, 0.6) is 0 Å². The molecule has 0 fully saturated rings. The van der Waals surface area contributed by atoms with E-state index in [9.17, 15) is 4.79 Å². The van der Waals surface area contributed by atoms with Gasteiger partial charge in [-0.15, -0.1) is 0 Å². The minimum Gasteiger partial charge on any atom is -0.435 e. The Morgan fingerprint density at radius 3 is 3.00 bits per heavy atom. The number of cyclic esters (lactones) is 1. The predicted octanol–water partition coefficient (Wildman–Crippen LogP) is 1.08. The quantitative estimate of drug-likeness (QED) is 0.438. The Hall–Kier alpha value is -0.790. The molecule has 0 aromatic heterocycles. The second-order valence-corrected chi connectivity index (χ2v) is 1.95. The van der Waals surface area contributed by atoms with Gasteiger partial charge >= 0.3 is 5.97 Å². The Morgan fingerprint density at radius 2 is 2.62 bits per heavy atom. The minimum atomic E-state index is -0.118. The molecule has 0 saturated carbocycles. The molecular weight excluding hydrogens is 104 g/mol. The highest BCUT2D eigenvalue weighted by Gasteiger charge is 2.14. The van der Waals surface area contributed by atoms with Gasteiger partial charge < -0.3 is 4.74 Å². The zero-order valence-electron chi connectivity index (χ0n) is 4.76. The van der Waals surface area contributed by atoms with Gasteiger partial charge in [-0.3, -0.25) is 4.79 Å². The summed E-state index contributed by atoms with van der Waals surface area (Å²) in [7, 11) is 0. The molecule has 1 atom stereocenters. The summed E-state index contributed by atoms with van der Waals surface area (Å²) < 4.78 is 4.57. The van der Waals surface area contributed by atoms with E-state index in [2.05, 4.69) is 4.74 Å². The van der Waals surface area contributed by atoms with Gasteiger partial charge in [0.25, 0.3) is 0 Å². The van der Waals surface area contributed by atoms with Crippen LogP contribution in [0.2, 0.25) is 0 Å². The SMILES string of the molecule is CC1CC=COC1=O. The lowest BCUT2D eigenvalue weighted by atomic mass is 10.1. The fourth-order valence-corrected chi connectivity index (χ4v) is 0.587. The van der Waals surface area contributed by atoms with Crippen molar-refractivity contribution in [2.45, 2.75) is 13.3 Å². The Bertz CT molecular complexity index is 126. The van der Waals surface area contributed by atoms with E-state index in [1.807, 2.05) is 13.0 Å². The summed E-state index contributed by atoms with van der Waals surface area (Å²) in [6, 6.07) is 0. The average molecular weight is 112 g/mol. The van der Waals surface area contributed by atoms with Gasteiger partial charge in [0.2, 0.25) is 0 Å². The number of allylic oxidation sites excluding steroid dienone is 1. The number of hydrogen-bond acceptors (Lipinski definition) is 2. The van der Waals surface area contributed by atoms with Gasteiger partial charge in [-0.2, -0.15) is 0 Å². The molecule has 0 aromatic carbocycles. The largest absolute Gasteiger partial charge is 0.435 e. The third kappa shape index (κ3) is 0.886. The van der Waals surface area contributed by atoms with Crippen LogP contribution in [0.25, 0.3) is 0 Å². The van der Waals surface area contributed by atoms with Crippen LogP contribution >= 0.6 is 0 Å². The highest BCUT2D eigenvalue weighted by atomic mass is 16.5. The van der Waals surface area contributed by atoms with Crippen LogP contribution in [0.3, 0.4) is 0 Å². The summed E-state index contributed by atoms with van der Waals surface area (Å²) in [5.41, 5.74) is 0. The normalized spacial score (nSPS) is 27.6. The van der Waals surface area contributed by atoms with Gasteiger partial charge in [-0.1, -0.05) is 6.92 Å². The summed E-state index contributed by atoms with van der Waals surface area (Å²) in [6.07, 6.45) is 4.12. The Morgan fingerprint density at radius 1 is 1.88 bits per heavy atom. The molecule has 1 unspecified atom stereocenters. The zero-order chi connectivity index (χ0) is 5.98. The van der Waals surface area contributed by atoms with E-state index < -0.39 is 0 Å². The van der Waals surface area contributed by atoms with Crippen molar-refractivity contribution in [2.75, 3.05) is 0 Å². The van der Waals surface area contributed by atoms with E-state index in [4.69, 9.17) is 0 Å². The third-order valence-electron chi connectivity index (χ3n) is 1.17. The van der Waals surface area contributed by atoms with Crippen LogP contribution in [0, 0.1) is 5.92 Å². The molecular formula is C6H8O2. The van der Waals surface area contributed by atoms with Crippen molar-refractivity contribution in [1.82, 2.24) is 0 Å². The van der Waals surface area contributed by atoms with Gasteiger partial charge in [-0.05, 0) is 12.5 Å². The molecule has 0 radical (unpaired) electrons. The van der Waals surface area contributed by atoms with Crippen LogP contribution in [0.15, 0.2) is 12.3 Å². The molecule has 0 spiro atoms. The van der Waals surface area contributed by atoms with Gasteiger partial charge in [0.15, 0.2) is 0 Å². The van der Waals surface area contributed by atoms with Gasteiger partial charge in [0, 0.05) is 0 Å². The van der Waals surface area contributed by atoms with Crippen molar-refractivity contribution in [2.24, 2.45) is 5.92 Å². The van der Waals surface area contributed by atoms with Gasteiger partial charge in [-0.25, -0.2) is 0 Å². The van der Waals surface area contributed by atoms with E-state index in [0.29, 0.717) is 0 Å². The summed E-state index contributed by atoms with van der Waals surface area (Å²) >= 11 is 0. The predicted molar refractivity (Wildman–Crippen MR) is 29.0 cm³/mol. The van der Waals surface area contributed by atoms with Crippen LogP contribution in [0.1, 0.15) is 13.3 Å². The lowest BCUT2D eigenvalue weighted by Crippen LogP contribution is -2.14. The summed E-state index contributed by atoms with van der Waals surface area (Å²) in [5, 5.41) is 0. The second kappa shape index (κ2) is 1.99. The molecule has 1 aliphatic rings. The molecule has 2 heteroatoms. The molecule has 2 nitrogen and oxygen atoms in total. The number of carbonyl (C=O) groups is 1. The number of carbonyl (C=O) groups excluding carboxylic acids is 1. The number of esters is 1. The molecule has 1 aliphatic heterocycles. The van der Waals surface area contributed by atoms with Crippen molar-refractivity contribution in [3.63, 3.8) is 0 Å². The first-order valence-electron chi connectivity index (χ1n) is 2.66. The Kier molecular flexibility index (Phi) is 1.33. The molecule has 0 N–H and O–H groups in total. The standard InChI is InChI=1S/C6H8O2/c1-5-3-2-4-8-6(5)7/h2,4-5H,3H2,1H3. The molecule has 44 valence electrons. The molecule has 0 amide bonds. The van der Waals surface area contributed by atoms with Gasteiger partial charge in [0.05, 0.1) is 12.2 Å². The van der Waals surface area contributed by atoms with Crippen LogP contribution < -0.4 is 0 Å². The van der Waals surface area contributed by atoms with E-state index >= 15 is 0 Å².